The SMILES string of the molecule is Cc1ccccc1-c1coc(CCO)n1. The van der Waals surface area contributed by atoms with Crippen LogP contribution in [0, 0.1) is 6.92 Å². The van der Waals surface area contributed by atoms with Crippen LogP contribution in [-0.4, -0.2) is 16.7 Å². The normalized spacial score (nSPS) is 10.5. The highest BCUT2D eigenvalue weighted by Gasteiger charge is 2.07. The molecule has 1 aromatic carbocycles. The van der Waals surface area contributed by atoms with Crippen LogP contribution in [-0.2, 0) is 6.42 Å². The molecule has 0 fully saturated rings. The van der Waals surface area contributed by atoms with Gasteiger partial charge in [-0.3, -0.25) is 0 Å². The van der Waals surface area contributed by atoms with Gasteiger partial charge in [0, 0.05) is 12.0 Å². The fourth-order valence-corrected chi connectivity index (χ4v) is 1.51. The number of hydrogen-bond acceptors (Lipinski definition) is 3. The second-order valence-corrected chi connectivity index (χ2v) is 3.42. The van der Waals surface area contributed by atoms with E-state index in [1.165, 1.54) is 5.56 Å². The number of benzene rings is 1. The summed E-state index contributed by atoms with van der Waals surface area (Å²) in [5.41, 5.74) is 3.07. The van der Waals surface area contributed by atoms with Gasteiger partial charge in [0.1, 0.15) is 12.0 Å². The Morgan fingerprint density at radius 3 is 2.87 bits per heavy atom. The number of oxazole rings is 1. The lowest BCUT2D eigenvalue weighted by molar-refractivity contribution is 0.285. The maximum atomic E-state index is 8.75. The molecule has 0 unspecified atom stereocenters. The van der Waals surface area contributed by atoms with Crippen LogP contribution in [0.5, 0.6) is 0 Å². The molecular weight excluding hydrogens is 190 g/mol. The number of hydrogen-bond donors (Lipinski definition) is 1. The van der Waals surface area contributed by atoms with E-state index in [0.717, 1.165) is 11.3 Å². The number of aromatic nitrogens is 1. The van der Waals surface area contributed by atoms with Crippen molar-refractivity contribution in [2.24, 2.45) is 0 Å². The maximum Gasteiger partial charge on any atom is 0.196 e. The van der Waals surface area contributed by atoms with Crippen LogP contribution in [0.25, 0.3) is 11.3 Å². The van der Waals surface area contributed by atoms with E-state index in [2.05, 4.69) is 4.98 Å². The van der Waals surface area contributed by atoms with Crippen LogP contribution in [0.2, 0.25) is 0 Å². The highest BCUT2D eigenvalue weighted by atomic mass is 16.3. The van der Waals surface area contributed by atoms with Crippen molar-refractivity contribution < 1.29 is 9.52 Å². The number of aliphatic hydroxyl groups is 1. The van der Waals surface area contributed by atoms with Gasteiger partial charge in [-0.15, -0.1) is 0 Å². The van der Waals surface area contributed by atoms with E-state index in [9.17, 15) is 0 Å². The van der Waals surface area contributed by atoms with E-state index >= 15 is 0 Å². The first-order valence-corrected chi connectivity index (χ1v) is 4.92. The Balaban J connectivity index is 2.33. The van der Waals surface area contributed by atoms with Crippen molar-refractivity contribution in [3.63, 3.8) is 0 Å². The summed E-state index contributed by atoms with van der Waals surface area (Å²) in [6.07, 6.45) is 2.10. The minimum absolute atomic E-state index is 0.0632. The minimum Gasteiger partial charge on any atom is -0.448 e. The maximum absolute atomic E-state index is 8.75. The summed E-state index contributed by atoms with van der Waals surface area (Å²) in [5, 5.41) is 8.75. The van der Waals surface area contributed by atoms with Crippen molar-refractivity contribution in [1.29, 1.82) is 0 Å². The Morgan fingerprint density at radius 1 is 1.33 bits per heavy atom. The highest BCUT2D eigenvalue weighted by Crippen LogP contribution is 2.22. The van der Waals surface area contributed by atoms with Gasteiger partial charge in [0.2, 0.25) is 0 Å². The Labute approximate surface area is 88.4 Å². The molecule has 1 heterocycles. The van der Waals surface area contributed by atoms with Gasteiger partial charge in [0.25, 0.3) is 0 Å². The zero-order valence-electron chi connectivity index (χ0n) is 8.60. The van der Waals surface area contributed by atoms with Crippen LogP contribution in [0.1, 0.15) is 11.5 Å². The molecule has 1 aromatic heterocycles. The molecule has 0 saturated carbocycles. The van der Waals surface area contributed by atoms with Gasteiger partial charge < -0.3 is 9.52 Å². The topological polar surface area (TPSA) is 46.3 Å². The zero-order valence-corrected chi connectivity index (χ0v) is 8.60. The van der Waals surface area contributed by atoms with Crippen LogP contribution < -0.4 is 0 Å². The Hall–Kier alpha value is -1.61. The summed E-state index contributed by atoms with van der Waals surface area (Å²) >= 11 is 0. The number of nitrogens with zero attached hydrogens (tertiary/aromatic N) is 1. The van der Waals surface area contributed by atoms with Crippen LogP contribution in [0.4, 0.5) is 0 Å². The third-order valence-corrected chi connectivity index (χ3v) is 2.30. The molecule has 0 radical (unpaired) electrons. The zero-order chi connectivity index (χ0) is 10.7. The highest BCUT2D eigenvalue weighted by molar-refractivity contribution is 5.62. The summed E-state index contributed by atoms with van der Waals surface area (Å²) in [6.45, 7) is 2.10. The minimum atomic E-state index is 0.0632. The van der Waals surface area contributed by atoms with Crippen LogP contribution in [0.15, 0.2) is 34.9 Å². The first kappa shape index (κ1) is 9.93. The lowest BCUT2D eigenvalue weighted by atomic mass is 10.1. The Kier molecular flexibility index (Phi) is 2.83. The third-order valence-electron chi connectivity index (χ3n) is 2.30. The van der Waals surface area contributed by atoms with Crippen molar-refractivity contribution in [3.05, 3.63) is 42.0 Å². The smallest absolute Gasteiger partial charge is 0.196 e. The molecule has 15 heavy (non-hydrogen) atoms. The predicted molar refractivity (Wildman–Crippen MR) is 57.5 cm³/mol. The number of rotatable bonds is 3. The molecule has 0 saturated heterocycles. The summed E-state index contributed by atoms with van der Waals surface area (Å²) in [6, 6.07) is 8.02. The molecule has 0 bridgehead atoms. The summed E-state index contributed by atoms with van der Waals surface area (Å²) < 4.78 is 5.24. The predicted octanol–water partition coefficient (Wildman–Crippen LogP) is 2.18. The average Bonchev–Trinajstić information content (AvgIpc) is 2.68. The summed E-state index contributed by atoms with van der Waals surface area (Å²) in [5.74, 6) is 0.579. The third kappa shape index (κ3) is 2.07. The van der Waals surface area contributed by atoms with E-state index in [4.69, 9.17) is 9.52 Å². The van der Waals surface area contributed by atoms with Gasteiger partial charge in [-0.25, -0.2) is 4.98 Å². The van der Waals surface area contributed by atoms with Crippen molar-refractivity contribution in [2.45, 2.75) is 13.3 Å². The molecule has 1 N–H and O–H groups in total. The van der Waals surface area contributed by atoms with E-state index in [1.54, 1.807) is 6.26 Å². The van der Waals surface area contributed by atoms with E-state index in [-0.39, 0.29) is 6.61 Å². The van der Waals surface area contributed by atoms with Gasteiger partial charge in [0.05, 0.1) is 6.61 Å². The number of aryl methyl sites for hydroxylation is 1. The van der Waals surface area contributed by atoms with E-state index in [1.807, 2.05) is 31.2 Å². The Morgan fingerprint density at radius 2 is 2.13 bits per heavy atom. The second-order valence-electron chi connectivity index (χ2n) is 3.42. The molecule has 2 aromatic rings. The van der Waals surface area contributed by atoms with Crippen molar-refractivity contribution in [3.8, 4) is 11.3 Å². The largest absolute Gasteiger partial charge is 0.448 e. The fraction of sp³-hybridized carbons (Fsp3) is 0.250. The van der Waals surface area contributed by atoms with E-state index in [0.29, 0.717) is 12.3 Å². The molecular formula is C12H13NO2. The average molecular weight is 203 g/mol. The molecule has 3 heteroatoms. The molecule has 0 aliphatic rings. The molecule has 3 nitrogen and oxygen atoms in total. The van der Waals surface area contributed by atoms with Gasteiger partial charge in [-0.1, -0.05) is 24.3 Å². The van der Waals surface area contributed by atoms with Gasteiger partial charge >= 0.3 is 0 Å². The van der Waals surface area contributed by atoms with Crippen molar-refractivity contribution >= 4 is 0 Å². The standard InChI is InChI=1S/C12H13NO2/c1-9-4-2-3-5-10(9)11-8-15-12(13-11)6-7-14/h2-5,8,14H,6-7H2,1H3. The first-order chi connectivity index (χ1) is 7.31. The lowest BCUT2D eigenvalue weighted by Gasteiger charge is -1.99. The first-order valence-electron chi connectivity index (χ1n) is 4.92. The fourth-order valence-electron chi connectivity index (χ4n) is 1.51. The molecule has 0 aliphatic heterocycles. The summed E-state index contributed by atoms with van der Waals surface area (Å²) in [7, 11) is 0. The van der Waals surface area contributed by atoms with Crippen molar-refractivity contribution in [1.82, 2.24) is 4.98 Å². The number of aliphatic hydroxyl groups excluding tert-OH is 1. The van der Waals surface area contributed by atoms with Gasteiger partial charge in [0.15, 0.2) is 5.89 Å². The van der Waals surface area contributed by atoms with Gasteiger partial charge in [-0.05, 0) is 12.5 Å². The Bertz CT molecular complexity index is 448. The van der Waals surface area contributed by atoms with Crippen LogP contribution >= 0.6 is 0 Å². The molecule has 2 rings (SSSR count). The van der Waals surface area contributed by atoms with Gasteiger partial charge in [-0.2, -0.15) is 0 Å². The van der Waals surface area contributed by atoms with Crippen molar-refractivity contribution in [2.75, 3.05) is 6.61 Å². The van der Waals surface area contributed by atoms with Crippen LogP contribution in [0.3, 0.4) is 0 Å². The quantitative estimate of drug-likeness (QED) is 0.831. The summed E-state index contributed by atoms with van der Waals surface area (Å²) in [4.78, 5) is 4.30. The monoisotopic (exact) mass is 203 g/mol. The lowest BCUT2D eigenvalue weighted by Crippen LogP contribution is -1.90. The second kappa shape index (κ2) is 4.28. The molecule has 0 spiro atoms. The molecule has 78 valence electrons. The molecule has 0 amide bonds. The van der Waals surface area contributed by atoms with E-state index < -0.39 is 0 Å². The molecule has 0 aliphatic carbocycles. The molecule has 0 atom stereocenters.